The van der Waals surface area contributed by atoms with Gasteiger partial charge in [0, 0.05) is 5.69 Å². The van der Waals surface area contributed by atoms with Gasteiger partial charge in [0.25, 0.3) is 17.7 Å². The zero-order valence-corrected chi connectivity index (χ0v) is 19.4. The Morgan fingerprint density at radius 1 is 0.971 bits per heavy atom. The summed E-state index contributed by atoms with van der Waals surface area (Å²) < 4.78 is 11.4. The lowest BCUT2D eigenvalue weighted by Crippen LogP contribution is -2.35. The molecule has 0 spiro atoms. The Bertz CT molecular complexity index is 1290. The van der Waals surface area contributed by atoms with Gasteiger partial charge in [-0.1, -0.05) is 42.5 Å². The number of ether oxygens (including phenoxy) is 2. The molecule has 1 aliphatic heterocycles. The largest absolute Gasteiger partial charge is 0.490 e. The number of anilines is 2. The van der Waals surface area contributed by atoms with E-state index in [1.807, 2.05) is 44.2 Å². The third-order valence-corrected chi connectivity index (χ3v) is 5.26. The van der Waals surface area contributed by atoms with Crippen molar-refractivity contribution in [1.29, 1.82) is 0 Å². The average molecular weight is 472 g/mol. The summed E-state index contributed by atoms with van der Waals surface area (Å²) in [5.41, 5.74) is 5.39. The summed E-state index contributed by atoms with van der Waals surface area (Å²) in [7, 11) is 0. The molecule has 3 aromatic carbocycles. The van der Waals surface area contributed by atoms with Crippen LogP contribution in [0.4, 0.5) is 11.4 Å². The van der Waals surface area contributed by atoms with E-state index in [1.165, 1.54) is 11.1 Å². The lowest BCUT2D eigenvalue weighted by molar-refractivity contribution is -0.118. The molecule has 8 nitrogen and oxygen atoms in total. The number of carbonyl (C=O) groups is 3. The molecule has 0 aromatic heterocycles. The monoisotopic (exact) mass is 471 g/mol. The van der Waals surface area contributed by atoms with Gasteiger partial charge in [-0.25, -0.2) is 5.01 Å². The van der Waals surface area contributed by atoms with Crippen molar-refractivity contribution in [3.63, 3.8) is 0 Å². The van der Waals surface area contributed by atoms with E-state index in [1.54, 1.807) is 42.5 Å². The number of hydrazine groups is 1. The standard InChI is InChI=1S/C27H25N3O5/c1-3-34-24-16-19(15-21-26(32)29-30(27(21)33)20-10-5-4-6-11-20)13-14-23(24)35-17-25(31)28-22-12-8-7-9-18(22)2/h4-16H,3,17H2,1-2H3,(H,28,31)(H,29,32)/b21-15-. The Hall–Kier alpha value is -4.59. The van der Waals surface area contributed by atoms with Crippen molar-refractivity contribution in [2.45, 2.75) is 13.8 Å². The molecule has 0 saturated carbocycles. The Kier molecular flexibility index (Phi) is 7.11. The van der Waals surface area contributed by atoms with Crippen LogP contribution in [0.3, 0.4) is 0 Å². The number of amides is 3. The number of nitrogens with one attached hydrogen (secondary N) is 2. The van der Waals surface area contributed by atoms with Crippen molar-refractivity contribution in [2.75, 3.05) is 23.5 Å². The quantitative estimate of drug-likeness (QED) is 0.384. The predicted octanol–water partition coefficient (Wildman–Crippen LogP) is 3.87. The minimum absolute atomic E-state index is 0.00239. The van der Waals surface area contributed by atoms with E-state index in [9.17, 15) is 14.4 Å². The molecule has 1 fully saturated rings. The van der Waals surface area contributed by atoms with Crippen LogP contribution in [0.25, 0.3) is 6.08 Å². The average Bonchev–Trinajstić information content (AvgIpc) is 3.14. The number of para-hydroxylation sites is 2. The lowest BCUT2D eigenvalue weighted by Gasteiger charge is -2.14. The van der Waals surface area contributed by atoms with Crippen LogP contribution in [-0.4, -0.2) is 30.9 Å². The van der Waals surface area contributed by atoms with E-state index in [0.29, 0.717) is 29.4 Å². The van der Waals surface area contributed by atoms with E-state index >= 15 is 0 Å². The summed E-state index contributed by atoms with van der Waals surface area (Å²) >= 11 is 0. The van der Waals surface area contributed by atoms with Crippen molar-refractivity contribution in [2.24, 2.45) is 0 Å². The van der Waals surface area contributed by atoms with Crippen LogP contribution < -0.4 is 25.2 Å². The van der Waals surface area contributed by atoms with Crippen LogP contribution >= 0.6 is 0 Å². The third kappa shape index (κ3) is 5.50. The van der Waals surface area contributed by atoms with Crippen LogP contribution in [-0.2, 0) is 14.4 Å². The Balaban J connectivity index is 1.48. The fourth-order valence-corrected chi connectivity index (χ4v) is 3.53. The van der Waals surface area contributed by atoms with Crippen molar-refractivity contribution in [3.8, 4) is 11.5 Å². The highest BCUT2D eigenvalue weighted by atomic mass is 16.5. The molecular formula is C27H25N3O5. The van der Waals surface area contributed by atoms with Gasteiger partial charge in [0.05, 0.1) is 12.3 Å². The summed E-state index contributed by atoms with van der Waals surface area (Å²) in [4.78, 5) is 37.6. The van der Waals surface area contributed by atoms with Gasteiger partial charge in [-0.05, 0) is 61.4 Å². The topological polar surface area (TPSA) is 97.0 Å². The second-order valence-electron chi connectivity index (χ2n) is 7.77. The number of nitrogens with zero attached hydrogens (tertiary/aromatic N) is 1. The van der Waals surface area contributed by atoms with Gasteiger partial charge in [0.1, 0.15) is 5.57 Å². The molecule has 1 aliphatic rings. The zero-order valence-electron chi connectivity index (χ0n) is 19.4. The fourth-order valence-electron chi connectivity index (χ4n) is 3.53. The second kappa shape index (κ2) is 10.6. The molecule has 0 bridgehead atoms. The van der Waals surface area contributed by atoms with Crippen LogP contribution in [0.2, 0.25) is 0 Å². The highest BCUT2D eigenvalue weighted by molar-refractivity contribution is 6.31. The minimum atomic E-state index is -0.495. The summed E-state index contributed by atoms with van der Waals surface area (Å²) in [6.45, 7) is 3.89. The molecule has 0 unspecified atom stereocenters. The first kappa shape index (κ1) is 23.6. The smallest absolute Gasteiger partial charge is 0.282 e. The van der Waals surface area contributed by atoms with Gasteiger partial charge in [0.15, 0.2) is 18.1 Å². The highest BCUT2D eigenvalue weighted by Crippen LogP contribution is 2.30. The third-order valence-electron chi connectivity index (χ3n) is 5.26. The molecule has 178 valence electrons. The van der Waals surface area contributed by atoms with Crippen molar-refractivity contribution >= 4 is 35.2 Å². The molecule has 2 N–H and O–H groups in total. The van der Waals surface area contributed by atoms with E-state index < -0.39 is 11.8 Å². The number of rotatable bonds is 8. The molecule has 8 heteroatoms. The van der Waals surface area contributed by atoms with Crippen LogP contribution in [0.1, 0.15) is 18.1 Å². The van der Waals surface area contributed by atoms with E-state index in [0.717, 1.165) is 11.3 Å². The highest BCUT2D eigenvalue weighted by Gasteiger charge is 2.34. The molecule has 3 aromatic rings. The van der Waals surface area contributed by atoms with Gasteiger partial charge in [0.2, 0.25) is 0 Å². The van der Waals surface area contributed by atoms with Crippen molar-refractivity contribution in [1.82, 2.24) is 5.43 Å². The molecule has 0 radical (unpaired) electrons. The van der Waals surface area contributed by atoms with Gasteiger partial charge >= 0.3 is 0 Å². The summed E-state index contributed by atoms with van der Waals surface area (Å²) in [6.07, 6.45) is 1.50. The first-order valence-corrected chi connectivity index (χ1v) is 11.1. The number of hydrogen-bond donors (Lipinski definition) is 2. The molecule has 4 rings (SSSR count). The summed E-state index contributed by atoms with van der Waals surface area (Å²) in [5, 5.41) is 4.03. The number of benzene rings is 3. The van der Waals surface area contributed by atoms with Crippen molar-refractivity contribution in [3.05, 3.63) is 89.5 Å². The summed E-state index contributed by atoms with van der Waals surface area (Å²) in [6, 6.07) is 21.3. The molecular weight excluding hydrogens is 446 g/mol. The Labute approximate surface area is 203 Å². The second-order valence-corrected chi connectivity index (χ2v) is 7.77. The minimum Gasteiger partial charge on any atom is -0.490 e. The zero-order chi connectivity index (χ0) is 24.8. The molecule has 0 aliphatic carbocycles. The van der Waals surface area contributed by atoms with Crippen LogP contribution in [0.5, 0.6) is 11.5 Å². The normalized spacial score (nSPS) is 14.1. The maximum atomic E-state index is 12.8. The lowest BCUT2D eigenvalue weighted by atomic mass is 10.1. The van der Waals surface area contributed by atoms with E-state index in [-0.39, 0.29) is 18.1 Å². The van der Waals surface area contributed by atoms with Gasteiger partial charge < -0.3 is 14.8 Å². The first-order chi connectivity index (χ1) is 17.0. The maximum Gasteiger partial charge on any atom is 0.282 e. The van der Waals surface area contributed by atoms with Gasteiger partial charge in [-0.2, -0.15) is 0 Å². The first-order valence-electron chi connectivity index (χ1n) is 11.1. The number of carbonyl (C=O) groups excluding carboxylic acids is 3. The fraction of sp³-hybridized carbons (Fsp3) is 0.148. The van der Waals surface area contributed by atoms with Gasteiger partial charge in [-0.15, -0.1) is 0 Å². The molecule has 3 amide bonds. The predicted molar refractivity (Wildman–Crippen MR) is 133 cm³/mol. The van der Waals surface area contributed by atoms with Crippen molar-refractivity contribution < 1.29 is 23.9 Å². The summed E-state index contributed by atoms with van der Waals surface area (Å²) in [5.74, 6) is -0.474. The maximum absolute atomic E-state index is 12.8. The Morgan fingerprint density at radius 3 is 2.46 bits per heavy atom. The van der Waals surface area contributed by atoms with Crippen LogP contribution in [0.15, 0.2) is 78.4 Å². The Morgan fingerprint density at radius 2 is 1.71 bits per heavy atom. The number of hydrogen-bond acceptors (Lipinski definition) is 5. The van der Waals surface area contributed by atoms with E-state index in [4.69, 9.17) is 9.47 Å². The number of aryl methyl sites for hydroxylation is 1. The van der Waals surface area contributed by atoms with Gasteiger partial charge in [-0.3, -0.25) is 19.8 Å². The molecule has 1 heterocycles. The molecule has 35 heavy (non-hydrogen) atoms. The van der Waals surface area contributed by atoms with E-state index in [2.05, 4.69) is 10.7 Å². The SMILES string of the molecule is CCOc1cc(/C=C2/C(=O)NN(c3ccccc3)C2=O)ccc1OCC(=O)Nc1ccccc1C. The molecule has 0 atom stereocenters. The van der Waals surface area contributed by atoms with Crippen LogP contribution in [0, 0.1) is 6.92 Å². The molecule has 1 saturated heterocycles.